The van der Waals surface area contributed by atoms with Crippen molar-refractivity contribution >= 4 is 57.2 Å². The van der Waals surface area contributed by atoms with Crippen molar-refractivity contribution in [1.29, 1.82) is 5.26 Å². The Labute approximate surface area is 204 Å². The maximum Gasteiger partial charge on any atom is 0.235 e. The third-order valence-electron chi connectivity index (χ3n) is 5.07. The summed E-state index contributed by atoms with van der Waals surface area (Å²) in [7, 11) is 0. The molecule has 0 bridgehead atoms. The lowest BCUT2D eigenvalue weighted by molar-refractivity contribution is -0.113. The molecule has 1 N–H and O–H groups in total. The van der Waals surface area contributed by atoms with E-state index in [0.717, 1.165) is 36.8 Å². The van der Waals surface area contributed by atoms with E-state index in [-0.39, 0.29) is 11.7 Å². The van der Waals surface area contributed by atoms with Gasteiger partial charge in [-0.1, -0.05) is 41.0 Å². The van der Waals surface area contributed by atoms with E-state index in [0.29, 0.717) is 38.1 Å². The fourth-order valence-electron chi connectivity index (χ4n) is 3.60. The first kappa shape index (κ1) is 22.9. The number of thioether (sulfide) groups is 1. The largest absolute Gasteiger partial charge is 0.316 e. The molecule has 1 aliphatic rings. The molecule has 4 rings (SSSR count). The fraction of sp³-hybridized carbons (Fsp3) is 0.273. The summed E-state index contributed by atoms with van der Waals surface area (Å²) >= 11 is 15.0. The summed E-state index contributed by atoms with van der Waals surface area (Å²) in [6.07, 6.45) is 5.83. The van der Waals surface area contributed by atoms with E-state index in [4.69, 9.17) is 23.2 Å². The van der Waals surface area contributed by atoms with Gasteiger partial charge in [-0.3, -0.25) is 9.36 Å². The first-order chi connectivity index (χ1) is 15.5. The zero-order valence-electron chi connectivity index (χ0n) is 17.0. The van der Waals surface area contributed by atoms with Gasteiger partial charge in [-0.05, 0) is 49.4 Å². The Morgan fingerprint density at radius 2 is 2.12 bits per heavy atom. The highest BCUT2D eigenvalue weighted by Gasteiger charge is 2.22. The summed E-state index contributed by atoms with van der Waals surface area (Å²) in [6, 6.07) is 7.53. The van der Waals surface area contributed by atoms with Crippen LogP contribution in [0.25, 0.3) is 11.4 Å². The SMILES string of the molecule is C=CCn1c(SCC(=O)Nc2sc3c(c2C#N)CCCC3)nnc1-c1ccc(Cl)c(Cl)c1. The van der Waals surface area contributed by atoms with Crippen molar-refractivity contribution in [3.8, 4) is 17.5 Å². The number of anilines is 1. The minimum Gasteiger partial charge on any atom is -0.316 e. The first-order valence-electron chi connectivity index (χ1n) is 9.98. The molecule has 0 unspecified atom stereocenters. The average molecular weight is 504 g/mol. The second-order valence-electron chi connectivity index (χ2n) is 7.20. The van der Waals surface area contributed by atoms with Crippen LogP contribution < -0.4 is 5.32 Å². The van der Waals surface area contributed by atoms with Crippen LogP contribution in [0.3, 0.4) is 0 Å². The molecule has 0 radical (unpaired) electrons. The van der Waals surface area contributed by atoms with E-state index >= 15 is 0 Å². The number of nitriles is 1. The molecule has 1 amide bonds. The molecule has 32 heavy (non-hydrogen) atoms. The minimum atomic E-state index is -0.186. The van der Waals surface area contributed by atoms with Gasteiger partial charge in [-0.15, -0.1) is 28.1 Å². The summed E-state index contributed by atoms with van der Waals surface area (Å²) in [4.78, 5) is 13.9. The van der Waals surface area contributed by atoms with E-state index in [1.165, 1.54) is 28.0 Å². The number of aryl methyl sites for hydroxylation is 1. The van der Waals surface area contributed by atoms with Crippen LogP contribution in [0.1, 0.15) is 28.8 Å². The summed E-state index contributed by atoms with van der Waals surface area (Å²) < 4.78 is 1.87. The van der Waals surface area contributed by atoms with Gasteiger partial charge < -0.3 is 5.32 Å². The van der Waals surface area contributed by atoms with Crippen molar-refractivity contribution in [2.24, 2.45) is 0 Å². The van der Waals surface area contributed by atoms with Crippen molar-refractivity contribution in [3.05, 3.63) is 56.9 Å². The van der Waals surface area contributed by atoms with Gasteiger partial charge in [0, 0.05) is 17.0 Å². The maximum atomic E-state index is 12.7. The highest BCUT2D eigenvalue weighted by atomic mass is 35.5. The van der Waals surface area contributed by atoms with Crippen molar-refractivity contribution < 1.29 is 4.79 Å². The molecular formula is C22H19Cl2N5OS2. The second kappa shape index (κ2) is 10.1. The van der Waals surface area contributed by atoms with Crippen LogP contribution in [0.4, 0.5) is 5.00 Å². The lowest BCUT2D eigenvalue weighted by Crippen LogP contribution is -2.14. The number of rotatable bonds is 7. The number of fused-ring (bicyclic) bond motifs is 1. The van der Waals surface area contributed by atoms with Gasteiger partial charge in [0.15, 0.2) is 11.0 Å². The van der Waals surface area contributed by atoms with Crippen LogP contribution in [-0.4, -0.2) is 26.4 Å². The van der Waals surface area contributed by atoms with E-state index in [9.17, 15) is 10.1 Å². The van der Waals surface area contributed by atoms with Gasteiger partial charge in [0.25, 0.3) is 0 Å². The normalized spacial score (nSPS) is 12.8. The van der Waals surface area contributed by atoms with E-state index in [1.54, 1.807) is 18.2 Å². The van der Waals surface area contributed by atoms with Crippen LogP contribution in [0.2, 0.25) is 10.0 Å². The Bertz CT molecular complexity index is 1230. The van der Waals surface area contributed by atoms with Crippen LogP contribution >= 0.6 is 46.3 Å². The topological polar surface area (TPSA) is 83.6 Å². The molecule has 6 nitrogen and oxygen atoms in total. The molecule has 1 aliphatic carbocycles. The van der Waals surface area contributed by atoms with Crippen molar-refractivity contribution in [1.82, 2.24) is 14.8 Å². The molecule has 10 heteroatoms. The molecule has 0 fully saturated rings. The van der Waals surface area contributed by atoms with E-state index in [2.05, 4.69) is 28.2 Å². The molecule has 0 saturated heterocycles. The van der Waals surface area contributed by atoms with Crippen LogP contribution in [-0.2, 0) is 24.2 Å². The standard InChI is InChI=1S/C22H19Cl2N5OS2/c1-2-9-29-20(13-7-8-16(23)17(24)10-13)27-28-22(29)31-12-19(30)26-21-15(11-25)14-5-3-4-6-18(14)32-21/h2,7-8,10H,1,3-6,9,12H2,(H,26,30). The van der Waals surface area contributed by atoms with Gasteiger partial charge in [0.2, 0.25) is 5.91 Å². The molecule has 0 saturated carbocycles. The summed E-state index contributed by atoms with van der Waals surface area (Å²) in [5.41, 5.74) is 2.48. The highest BCUT2D eigenvalue weighted by Crippen LogP contribution is 2.38. The summed E-state index contributed by atoms with van der Waals surface area (Å²) in [5.74, 6) is 0.572. The number of nitrogens with zero attached hydrogens (tertiary/aromatic N) is 4. The molecule has 2 aromatic heterocycles. The third kappa shape index (κ3) is 4.71. The number of benzene rings is 1. The number of amides is 1. The number of hydrogen-bond donors (Lipinski definition) is 1. The number of nitrogens with one attached hydrogen (secondary N) is 1. The molecule has 0 aliphatic heterocycles. The quantitative estimate of drug-likeness (QED) is 0.316. The van der Waals surface area contributed by atoms with Crippen molar-refractivity contribution in [2.75, 3.05) is 11.1 Å². The first-order valence-corrected chi connectivity index (χ1v) is 12.5. The number of carbonyl (C=O) groups is 1. The third-order valence-corrected chi connectivity index (χ3v) is 7.99. The zero-order chi connectivity index (χ0) is 22.7. The van der Waals surface area contributed by atoms with Gasteiger partial charge in [0.05, 0.1) is 21.4 Å². The number of carbonyl (C=O) groups excluding carboxylic acids is 1. The molecule has 0 atom stereocenters. The van der Waals surface area contributed by atoms with Gasteiger partial charge in [-0.2, -0.15) is 5.26 Å². The Balaban J connectivity index is 1.49. The van der Waals surface area contributed by atoms with Crippen LogP contribution in [0, 0.1) is 11.3 Å². The highest BCUT2D eigenvalue weighted by molar-refractivity contribution is 7.99. The number of hydrogen-bond acceptors (Lipinski definition) is 6. The van der Waals surface area contributed by atoms with Crippen molar-refractivity contribution in [2.45, 2.75) is 37.4 Å². The number of aromatic nitrogens is 3. The number of allylic oxidation sites excluding steroid dienone is 1. The molecular weight excluding hydrogens is 485 g/mol. The van der Waals surface area contributed by atoms with Gasteiger partial charge in [0.1, 0.15) is 11.1 Å². The van der Waals surface area contributed by atoms with Crippen molar-refractivity contribution in [3.63, 3.8) is 0 Å². The molecule has 2 heterocycles. The predicted molar refractivity (Wildman–Crippen MR) is 131 cm³/mol. The Hall–Kier alpha value is -2.31. The molecule has 164 valence electrons. The average Bonchev–Trinajstić information content (AvgIpc) is 3.35. The monoisotopic (exact) mass is 503 g/mol. The van der Waals surface area contributed by atoms with Crippen LogP contribution in [0.15, 0.2) is 36.0 Å². The second-order valence-corrected chi connectivity index (χ2v) is 10.1. The summed E-state index contributed by atoms with van der Waals surface area (Å²) in [5, 5.41) is 23.2. The molecule has 1 aromatic carbocycles. The van der Waals surface area contributed by atoms with Gasteiger partial charge in [-0.25, -0.2) is 0 Å². The van der Waals surface area contributed by atoms with Crippen LogP contribution in [0.5, 0.6) is 0 Å². The zero-order valence-corrected chi connectivity index (χ0v) is 20.2. The number of halogens is 2. The summed E-state index contributed by atoms with van der Waals surface area (Å²) in [6.45, 7) is 4.28. The minimum absolute atomic E-state index is 0.143. The lowest BCUT2D eigenvalue weighted by Gasteiger charge is -2.09. The van der Waals surface area contributed by atoms with E-state index < -0.39 is 0 Å². The molecule has 0 spiro atoms. The maximum absolute atomic E-state index is 12.7. The lowest BCUT2D eigenvalue weighted by atomic mass is 9.96. The number of thiophene rings is 1. The Morgan fingerprint density at radius 3 is 2.88 bits per heavy atom. The molecule has 3 aromatic rings. The van der Waals surface area contributed by atoms with Gasteiger partial charge >= 0.3 is 0 Å². The Morgan fingerprint density at radius 1 is 1.31 bits per heavy atom. The fourth-order valence-corrected chi connectivity index (χ4v) is 5.90. The Kier molecular flexibility index (Phi) is 7.21. The smallest absolute Gasteiger partial charge is 0.235 e. The predicted octanol–water partition coefficient (Wildman–Crippen LogP) is 5.98. The van der Waals surface area contributed by atoms with E-state index in [1.807, 2.05) is 10.6 Å².